The number of carbonyl (C=O) groups is 2. The Balaban J connectivity index is 1.23. The monoisotopic (exact) mass is 510 g/mol. The summed E-state index contributed by atoms with van der Waals surface area (Å²) in [5.74, 6) is 0.263. The van der Waals surface area contributed by atoms with Crippen LogP contribution in [0.1, 0.15) is 36.1 Å². The van der Waals surface area contributed by atoms with E-state index in [9.17, 15) is 9.59 Å². The Morgan fingerprint density at radius 2 is 2.08 bits per heavy atom. The van der Waals surface area contributed by atoms with Crippen LogP contribution in [-0.4, -0.2) is 61.2 Å². The second-order valence-corrected chi connectivity index (χ2v) is 11.0. The number of fused-ring (bicyclic) bond motifs is 3. The largest absolute Gasteiger partial charge is 0.376 e. The highest BCUT2D eigenvalue weighted by Gasteiger charge is 2.42. The van der Waals surface area contributed by atoms with Gasteiger partial charge < -0.3 is 19.7 Å². The number of halogens is 1. The quantitative estimate of drug-likeness (QED) is 0.444. The molecule has 2 fully saturated rings. The first-order valence-electron chi connectivity index (χ1n) is 13.4. The van der Waals surface area contributed by atoms with Crippen LogP contribution in [-0.2, 0) is 17.9 Å². The summed E-state index contributed by atoms with van der Waals surface area (Å²) in [5.41, 5.74) is 5.24. The highest BCUT2D eigenvalue weighted by Crippen LogP contribution is 2.40. The third-order valence-electron chi connectivity index (χ3n) is 8.81. The number of pyridine rings is 1. The van der Waals surface area contributed by atoms with Gasteiger partial charge in [0, 0.05) is 55.6 Å². The molecular weight excluding hydrogens is 483 g/mol. The Bertz CT molecular complexity index is 1700. The predicted octanol–water partition coefficient (Wildman–Crippen LogP) is 3.89. The van der Waals surface area contributed by atoms with E-state index in [0.717, 1.165) is 47.1 Å². The van der Waals surface area contributed by atoms with E-state index < -0.39 is 0 Å². The number of hydrogen-bond acceptors (Lipinski definition) is 4. The molecule has 2 atom stereocenters. The summed E-state index contributed by atoms with van der Waals surface area (Å²) in [5, 5.41) is 4.04. The number of rotatable bonds is 2. The van der Waals surface area contributed by atoms with Crippen LogP contribution < -0.4 is 5.32 Å². The molecule has 2 unspecified atom stereocenters. The van der Waals surface area contributed by atoms with E-state index >= 15 is 4.39 Å². The Morgan fingerprint density at radius 1 is 1.16 bits per heavy atom. The van der Waals surface area contributed by atoms with Gasteiger partial charge in [-0.25, -0.2) is 14.2 Å². The average molecular weight is 511 g/mol. The molecule has 8 rings (SSSR count). The molecule has 6 heterocycles. The molecule has 38 heavy (non-hydrogen) atoms. The lowest BCUT2D eigenvalue weighted by Gasteiger charge is -2.32. The number of Topliss-reactive ketones (excluding diaryl/α,β-unsaturated/α-hetero) is 1. The van der Waals surface area contributed by atoms with Crippen molar-refractivity contribution < 1.29 is 14.0 Å². The molecule has 1 N–H and O–H groups in total. The minimum Gasteiger partial charge on any atom is -0.376 e. The molecule has 2 amide bonds. The van der Waals surface area contributed by atoms with E-state index in [-0.39, 0.29) is 24.2 Å². The topological polar surface area (TPSA) is 74.9 Å². The number of amides is 2. The molecule has 1 aliphatic carbocycles. The van der Waals surface area contributed by atoms with Crippen LogP contribution >= 0.6 is 0 Å². The Morgan fingerprint density at radius 3 is 2.92 bits per heavy atom. The third-order valence-corrected chi connectivity index (χ3v) is 8.81. The molecule has 8 nitrogen and oxygen atoms in total. The van der Waals surface area contributed by atoms with Crippen molar-refractivity contribution >= 4 is 39.6 Å². The maximum Gasteiger partial charge on any atom is 0.320 e. The van der Waals surface area contributed by atoms with Crippen LogP contribution in [0.2, 0.25) is 0 Å². The van der Waals surface area contributed by atoms with Gasteiger partial charge in [0.15, 0.2) is 5.78 Å². The zero-order chi connectivity index (χ0) is 25.5. The van der Waals surface area contributed by atoms with Crippen molar-refractivity contribution in [3.05, 3.63) is 71.6 Å². The maximum absolute atomic E-state index is 15.1. The number of nitrogens with zero attached hydrogens (tertiary/aromatic N) is 5. The van der Waals surface area contributed by atoms with Crippen molar-refractivity contribution in [3.63, 3.8) is 0 Å². The highest BCUT2D eigenvalue weighted by molar-refractivity contribution is 6.32. The van der Waals surface area contributed by atoms with E-state index in [1.54, 1.807) is 18.3 Å². The molecule has 1 saturated carbocycles. The number of aromatic nitrogens is 3. The number of benzene rings is 1. The SMILES string of the molecule is O=C1CNC(c2cn3c4c(cc(F)cc24)CN(C(=O)N2CC4CCC2C4)CC3)=C1c1cnc2ccccn12. The number of piperidine rings is 1. The Kier molecular flexibility index (Phi) is 4.57. The van der Waals surface area contributed by atoms with Crippen molar-refractivity contribution in [2.75, 3.05) is 19.6 Å². The molecule has 0 radical (unpaired) electrons. The summed E-state index contributed by atoms with van der Waals surface area (Å²) < 4.78 is 19.1. The van der Waals surface area contributed by atoms with Gasteiger partial charge in [0.2, 0.25) is 0 Å². The zero-order valence-corrected chi connectivity index (χ0v) is 20.9. The number of imidazole rings is 1. The van der Waals surface area contributed by atoms with Crippen LogP contribution in [0, 0.1) is 11.7 Å². The number of carbonyl (C=O) groups excluding carboxylic acids is 2. The van der Waals surface area contributed by atoms with Crippen LogP contribution in [0.15, 0.2) is 48.9 Å². The van der Waals surface area contributed by atoms with Gasteiger partial charge in [-0.3, -0.25) is 9.20 Å². The van der Waals surface area contributed by atoms with Gasteiger partial charge in [-0.05, 0) is 55.0 Å². The summed E-state index contributed by atoms with van der Waals surface area (Å²) >= 11 is 0. The average Bonchev–Trinajstić information content (AvgIpc) is 3.73. The third kappa shape index (κ3) is 3.10. The van der Waals surface area contributed by atoms with Gasteiger partial charge in [-0.2, -0.15) is 0 Å². The minimum absolute atomic E-state index is 0.0213. The molecular formula is C29H27FN6O2. The van der Waals surface area contributed by atoms with E-state index in [1.165, 1.54) is 6.42 Å². The predicted molar refractivity (Wildman–Crippen MR) is 141 cm³/mol. The Labute approximate surface area is 218 Å². The molecule has 2 bridgehead atoms. The van der Waals surface area contributed by atoms with E-state index in [2.05, 4.69) is 14.9 Å². The number of hydrogen-bond donors (Lipinski definition) is 1. The van der Waals surface area contributed by atoms with Gasteiger partial charge in [-0.15, -0.1) is 0 Å². The fourth-order valence-electron chi connectivity index (χ4n) is 7.11. The molecule has 1 aromatic carbocycles. The molecule has 192 valence electrons. The number of urea groups is 1. The lowest BCUT2D eigenvalue weighted by Crippen LogP contribution is -2.46. The normalized spacial score (nSPS) is 22.7. The van der Waals surface area contributed by atoms with E-state index in [4.69, 9.17) is 0 Å². The van der Waals surface area contributed by atoms with Gasteiger partial charge in [0.25, 0.3) is 0 Å². The Hall–Kier alpha value is -4.14. The van der Waals surface area contributed by atoms with Gasteiger partial charge >= 0.3 is 6.03 Å². The number of likely N-dealkylation sites (tertiary alicyclic amines) is 1. The van der Waals surface area contributed by atoms with Crippen LogP contribution in [0.25, 0.3) is 27.8 Å². The minimum atomic E-state index is -0.345. The van der Waals surface area contributed by atoms with E-state index in [0.29, 0.717) is 48.6 Å². The second-order valence-electron chi connectivity index (χ2n) is 11.0. The van der Waals surface area contributed by atoms with Crippen LogP contribution in [0.3, 0.4) is 0 Å². The van der Waals surface area contributed by atoms with Crippen LogP contribution in [0.4, 0.5) is 9.18 Å². The van der Waals surface area contributed by atoms with Crippen molar-refractivity contribution in [2.45, 2.75) is 38.4 Å². The summed E-state index contributed by atoms with van der Waals surface area (Å²) in [4.78, 5) is 35.0. The van der Waals surface area contributed by atoms with Crippen LogP contribution in [0.5, 0.6) is 0 Å². The van der Waals surface area contributed by atoms with Crippen molar-refractivity contribution in [3.8, 4) is 0 Å². The molecule has 4 aliphatic rings. The first-order chi connectivity index (χ1) is 18.5. The summed E-state index contributed by atoms with van der Waals surface area (Å²) in [6, 6.07) is 9.24. The molecule has 4 aromatic rings. The van der Waals surface area contributed by atoms with Crippen molar-refractivity contribution in [1.82, 2.24) is 29.1 Å². The molecule has 3 aromatic heterocycles. The summed E-state index contributed by atoms with van der Waals surface area (Å²) in [6.07, 6.45) is 9.04. The van der Waals surface area contributed by atoms with Gasteiger partial charge in [-0.1, -0.05) is 6.07 Å². The number of ketones is 1. The van der Waals surface area contributed by atoms with Crippen molar-refractivity contribution in [2.24, 2.45) is 5.92 Å². The fourth-order valence-corrected chi connectivity index (χ4v) is 7.11. The first kappa shape index (κ1) is 21.9. The van der Waals surface area contributed by atoms with Gasteiger partial charge in [0.1, 0.15) is 11.5 Å². The van der Waals surface area contributed by atoms with Gasteiger partial charge in [0.05, 0.1) is 35.2 Å². The van der Waals surface area contributed by atoms with Crippen molar-refractivity contribution in [1.29, 1.82) is 0 Å². The summed E-state index contributed by atoms with van der Waals surface area (Å²) in [6.45, 7) is 2.55. The lowest BCUT2D eigenvalue weighted by molar-refractivity contribution is -0.112. The fraction of sp³-hybridized carbons (Fsp3) is 0.345. The standard InChI is InChI=1S/C29H27FN6O2/c30-19-10-18-15-34(29(38)36-14-17-4-5-20(36)9-17)8-7-33-16-22(21(11-19)28(18)33)27-26(24(37)13-32-27)23-12-31-25-3-1-2-6-35(23)25/h1-3,6,10-12,16-17,20,32H,4-5,7-9,13-15H2. The molecule has 1 saturated heterocycles. The summed E-state index contributed by atoms with van der Waals surface area (Å²) in [7, 11) is 0. The molecule has 0 spiro atoms. The second kappa shape index (κ2) is 7.93. The van der Waals surface area contributed by atoms with E-state index in [1.807, 2.05) is 44.8 Å². The first-order valence-corrected chi connectivity index (χ1v) is 13.4. The smallest absolute Gasteiger partial charge is 0.320 e. The zero-order valence-electron chi connectivity index (χ0n) is 20.9. The highest BCUT2D eigenvalue weighted by atomic mass is 19.1. The lowest BCUT2D eigenvalue weighted by atomic mass is 10.0. The maximum atomic E-state index is 15.1. The molecule has 3 aliphatic heterocycles. The molecule has 9 heteroatoms. The number of nitrogens with one attached hydrogen (secondary N) is 1.